The highest BCUT2D eigenvalue weighted by Gasteiger charge is 2.30. The molecule has 4 nitrogen and oxygen atoms in total. The van der Waals surface area contributed by atoms with Crippen LogP contribution in [0.3, 0.4) is 0 Å². The van der Waals surface area contributed by atoms with Crippen LogP contribution in [0, 0.1) is 0 Å². The van der Waals surface area contributed by atoms with Crippen molar-refractivity contribution < 1.29 is 12.0 Å². The van der Waals surface area contributed by atoms with Crippen molar-refractivity contribution >= 4 is 11.0 Å². The van der Waals surface area contributed by atoms with Crippen molar-refractivity contribution in [1.29, 1.82) is 0 Å². The van der Waals surface area contributed by atoms with E-state index in [2.05, 4.69) is 128 Å². The second-order valence-electron chi connectivity index (χ2n) is 19.8. The molecular weight excluding hydrogens is 779 g/mol. The summed E-state index contributed by atoms with van der Waals surface area (Å²) in [5.74, 6) is 0.741. The van der Waals surface area contributed by atoms with Crippen molar-refractivity contribution in [3.63, 3.8) is 0 Å². The summed E-state index contributed by atoms with van der Waals surface area (Å²) >= 11 is 0. The van der Waals surface area contributed by atoms with Crippen LogP contribution in [-0.2, 0) is 16.2 Å². The maximum absolute atomic E-state index is 12.6. The molecule has 0 aliphatic carbocycles. The Labute approximate surface area is 386 Å². The van der Waals surface area contributed by atoms with E-state index in [4.69, 9.17) is 16.8 Å². The van der Waals surface area contributed by atoms with E-state index in [1.54, 1.807) is 6.20 Å². The van der Waals surface area contributed by atoms with Crippen molar-refractivity contribution in [2.45, 2.75) is 78.6 Å². The number of phenolic OH excluding ortho intramolecular Hbond substituents is 1. The van der Waals surface area contributed by atoms with Gasteiger partial charge in [-0.1, -0.05) is 177 Å². The van der Waals surface area contributed by atoms with Gasteiger partial charge in [0.1, 0.15) is 11.6 Å². The molecule has 0 saturated carbocycles. The highest BCUT2D eigenvalue weighted by Crippen LogP contribution is 2.46. The lowest BCUT2D eigenvalue weighted by Crippen LogP contribution is -2.18. The summed E-state index contributed by atoms with van der Waals surface area (Å²) in [7, 11) is 0. The zero-order valence-corrected chi connectivity index (χ0v) is 38.1. The molecule has 0 aliphatic rings. The summed E-state index contributed by atoms with van der Waals surface area (Å²) in [6, 6.07) is 45.2. The molecular formula is C60H57N3O. The van der Waals surface area contributed by atoms with Gasteiger partial charge in [0.15, 0.2) is 0 Å². The summed E-state index contributed by atoms with van der Waals surface area (Å²) in [4.78, 5) is 10.4. The number of fused-ring (bicyclic) bond motifs is 1. The molecule has 0 atom stereocenters. The van der Waals surface area contributed by atoms with Crippen molar-refractivity contribution in [1.82, 2.24) is 14.5 Å². The number of rotatable bonds is 7. The quantitative estimate of drug-likeness (QED) is 0.174. The van der Waals surface area contributed by atoms with E-state index in [0.717, 1.165) is 55.7 Å². The maximum Gasteiger partial charge on any atom is 0.149 e. The molecule has 0 bridgehead atoms. The molecule has 4 heteroatoms. The largest absolute Gasteiger partial charge is 0.507 e. The van der Waals surface area contributed by atoms with Crippen LogP contribution >= 0.6 is 0 Å². The Bertz CT molecular complexity index is 3420. The second kappa shape index (κ2) is 16.3. The van der Waals surface area contributed by atoms with Gasteiger partial charge in [0.2, 0.25) is 0 Å². The van der Waals surface area contributed by atoms with Crippen molar-refractivity contribution in [2.24, 2.45) is 0 Å². The number of aromatic hydroxyl groups is 1. The Kier molecular flexibility index (Phi) is 9.26. The number of pyridine rings is 1. The lowest BCUT2D eigenvalue weighted by molar-refractivity contribution is 0.446. The number of benzene rings is 7. The second-order valence-corrected chi connectivity index (χ2v) is 19.8. The number of hydrogen-bond acceptors (Lipinski definition) is 3. The topological polar surface area (TPSA) is 50.9 Å². The van der Waals surface area contributed by atoms with E-state index < -0.39 is 23.5 Å². The molecule has 0 aliphatic heterocycles. The number of hydrogen-bond donors (Lipinski definition) is 1. The Morgan fingerprint density at radius 1 is 0.484 bits per heavy atom. The summed E-state index contributed by atoms with van der Waals surface area (Å²) in [6.45, 7) is 19.5. The third kappa shape index (κ3) is 8.17. The summed E-state index contributed by atoms with van der Waals surface area (Å²) in [5, 5.41) is 12.6. The molecule has 1 N–H and O–H groups in total. The van der Waals surface area contributed by atoms with E-state index in [-0.39, 0.29) is 34.2 Å². The molecule has 0 spiro atoms. The molecule has 0 unspecified atom stereocenters. The molecule has 0 radical (unpaired) electrons. The minimum absolute atomic E-state index is 0.0914. The summed E-state index contributed by atoms with van der Waals surface area (Å²) in [5.41, 5.74) is 12.5. The SMILES string of the molecule is [2H]c1c([2H])c([2H])c(-c2cc(-c3cc(-c4ccccc4)ccn3)cc(-c3cccc4c3nc(-c3cc(C(C)(C)C)cc(C(C)(C)C)c3O)n4-c3ccc(-c4ccccc4)cc3C(C)(C)C)c2)c([2H])c1[2H]. The number of imidazole rings is 1. The molecule has 9 aromatic rings. The predicted molar refractivity (Wildman–Crippen MR) is 269 cm³/mol. The van der Waals surface area contributed by atoms with E-state index >= 15 is 0 Å². The fraction of sp³-hybridized carbons (Fsp3) is 0.200. The predicted octanol–water partition coefficient (Wildman–Crippen LogP) is 16.0. The summed E-state index contributed by atoms with van der Waals surface area (Å²) < 4.78 is 46.0. The van der Waals surface area contributed by atoms with Crippen LogP contribution in [-0.4, -0.2) is 19.6 Å². The van der Waals surface area contributed by atoms with Crippen LogP contribution in [0.1, 0.15) is 85.9 Å². The normalized spacial score (nSPS) is 13.3. The zero-order valence-electron chi connectivity index (χ0n) is 43.1. The van der Waals surface area contributed by atoms with Crippen LogP contribution in [0.5, 0.6) is 5.75 Å². The number of nitrogens with zero attached hydrogens (tertiary/aromatic N) is 3. The molecule has 0 amide bonds. The van der Waals surface area contributed by atoms with Crippen LogP contribution in [0.15, 0.2) is 176 Å². The molecule has 2 heterocycles. The van der Waals surface area contributed by atoms with E-state index in [1.807, 2.05) is 78.9 Å². The highest BCUT2D eigenvalue weighted by atomic mass is 16.3. The number of aromatic nitrogens is 3. The monoisotopic (exact) mass is 840 g/mol. The van der Waals surface area contributed by atoms with Crippen LogP contribution in [0.25, 0.3) is 83.9 Å². The Balaban J connectivity index is 1.39. The van der Waals surface area contributed by atoms with Gasteiger partial charge in [0.05, 0.1) is 34.8 Å². The zero-order chi connectivity index (χ0) is 49.3. The van der Waals surface area contributed by atoms with Gasteiger partial charge in [-0.25, -0.2) is 4.98 Å². The first-order chi connectivity index (χ1) is 32.6. The average molecular weight is 841 g/mol. The lowest BCUT2D eigenvalue weighted by atomic mass is 9.78. The van der Waals surface area contributed by atoms with E-state index in [1.165, 1.54) is 0 Å². The molecule has 7 aromatic carbocycles. The Morgan fingerprint density at radius 3 is 1.75 bits per heavy atom. The standard InChI is InChI=1S/C60H57N3O/c1-58(2,3)47-37-49(56(64)51(38-47)60(7,8)9)57-62-55-48(26-19-27-54(55)63(57)53-29-28-42(35-50(53)59(4,5)6)39-20-13-10-14-21-39)45-32-44(41-24-17-12-18-25-41)33-46(34-45)52-36-43(30-31-61-52)40-22-15-11-16-23-40/h10-38,64H,1-9H3/i12D,17D,18D,24D,25D. The molecule has 0 fully saturated rings. The van der Waals surface area contributed by atoms with Gasteiger partial charge >= 0.3 is 0 Å². The Morgan fingerprint density at radius 2 is 1.11 bits per heavy atom. The first-order valence-electron chi connectivity index (χ1n) is 24.5. The fourth-order valence-corrected chi connectivity index (χ4v) is 8.58. The summed E-state index contributed by atoms with van der Waals surface area (Å²) in [6.07, 6.45) is 1.77. The number of para-hydroxylation sites is 1. The molecule has 2 aromatic heterocycles. The molecule has 9 rings (SSSR count). The van der Waals surface area contributed by atoms with E-state index in [9.17, 15) is 5.11 Å². The van der Waals surface area contributed by atoms with E-state index in [0.29, 0.717) is 39.3 Å². The first kappa shape index (κ1) is 36.4. The minimum atomic E-state index is -0.454. The average Bonchev–Trinajstić information content (AvgIpc) is 3.71. The van der Waals surface area contributed by atoms with Crippen LogP contribution in [0.4, 0.5) is 0 Å². The molecule has 0 saturated heterocycles. The van der Waals surface area contributed by atoms with Gasteiger partial charge in [-0.3, -0.25) is 9.55 Å². The third-order valence-electron chi connectivity index (χ3n) is 12.1. The molecule has 318 valence electrons. The van der Waals surface area contributed by atoms with Gasteiger partial charge < -0.3 is 5.11 Å². The van der Waals surface area contributed by atoms with Crippen molar-refractivity contribution in [3.8, 4) is 78.6 Å². The van der Waals surface area contributed by atoms with Crippen molar-refractivity contribution in [2.75, 3.05) is 0 Å². The highest BCUT2D eigenvalue weighted by molar-refractivity contribution is 5.98. The van der Waals surface area contributed by atoms with Crippen molar-refractivity contribution in [3.05, 3.63) is 193 Å². The fourth-order valence-electron chi connectivity index (χ4n) is 8.58. The van der Waals surface area contributed by atoms with Crippen LogP contribution in [0.2, 0.25) is 0 Å². The van der Waals surface area contributed by atoms with Gasteiger partial charge in [-0.05, 0) is 121 Å². The minimum Gasteiger partial charge on any atom is -0.507 e. The first-order valence-corrected chi connectivity index (χ1v) is 22.0. The molecule has 64 heavy (non-hydrogen) atoms. The smallest absolute Gasteiger partial charge is 0.149 e. The number of phenols is 1. The lowest BCUT2D eigenvalue weighted by Gasteiger charge is -2.28. The Hall–Kier alpha value is -7.04. The van der Waals surface area contributed by atoms with Crippen LogP contribution < -0.4 is 0 Å². The maximum atomic E-state index is 12.6. The van der Waals surface area contributed by atoms with Gasteiger partial charge in [-0.15, -0.1) is 0 Å². The van der Waals surface area contributed by atoms with Gasteiger partial charge in [-0.2, -0.15) is 0 Å². The van der Waals surface area contributed by atoms with Gasteiger partial charge in [0.25, 0.3) is 0 Å². The van der Waals surface area contributed by atoms with Gasteiger partial charge in [0, 0.05) is 22.9 Å². The third-order valence-corrected chi connectivity index (χ3v) is 12.1.